The van der Waals surface area contributed by atoms with Crippen molar-refractivity contribution >= 4 is 23.4 Å². The van der Waals surface area contributed by atoms with E-state index in [9.17, 15) is 13.6 Å². The van der Waals surface area contributed by atoms with E-state index >= 15 is 0 Å². The number of nitrogens with zero attached hydrogens (tertiary/aromatic N) is 2. The lowest BCUT2D eigenvalue weighted by atomic mass is 10.1. The first-order valence-electron chi connectivity index (χ1n) is 8.44. The van der Waals surface area contributed by atoms with Crippen molar-refractivity contribution in [2.45, 2.75) is 5.03 Å². The minimum Gasteiger partial charge on any atom is -0.497 e. The first-order chi connectivity index (χ1) is 14.0. The lowest BCUT2D eigenvalue weighted by molar-refractivity contribution is -0.113. The molecule has 1 N–H and O–H groups in total. The van der Waals surface area contributed by atoms with Crippen molar-refractivity contribution in [3.63, 3.8) is 0 Å². The summed E-state index contributed by atoms with van der Waals surface area (Å²) in [7, 11) is 3.14. The highest BCUT2D eigenvalue weighted by molar-refractivity contribution is 7.99. The number of rotatable bonds is 7. The van der Waals surface area contributed by atoms with Gasteiger partial charge in [0.2, 0.25) is 5.91 Å². The molecule has 0 bridgehead atoms. The Kier molecular flexibility index (Phi) is 6.61. The van der Waals surface area contributed by atoms with Gasteiger partial charge in [-0.2, -0.15) is 0 Å². The van der Waals surface area contributed by atoms with Crippen molar-refractivity contribution < 1.29 is 23.0 Å². The van der Waals surface area contributed by atoms with Gasteiger partial charge in [-0.05, 0) is 42.5 Å². The number of anilines is 1. The molecule has 1 heterocycles. The van der Waals surface area contributed by atoms with Gasteiger partial charge in [-0.25, -0.2) is 8.78 Å². The fourth-order valence-corrected chi connectivity index (χ4v) is 3.08. The fraction of sp³-hybridized carbons (Fsp3) is 0.150. The Morgan fingerprint density at radius 3 is 2.48 bits per heavy atom. The zero-order chi connectivity index (χ0) is 20.8. The van der Waals surface area contributed by atoms with Crippen LogP contribution in [0, 0.1) is 11.6 Å². The van der Waals surface area contributed by atoms with Gasteiger partial charge < -0.3 is 14.8 Å². The summed E-state index contributed by atoms with van der Waals surface area (Å²) in [6.07, 6.45) is 0. The van der Waals surface area contributed by atoms with Gasteiger partial charge in [0, 0.05) is 17.3 Å². The van der Waals surface area contributed by atoms with Crippen LogP contribution < -0.4 is 14.8 Å². The van der Waals surface area contributed by atoms with Crippen molar-refractivity contribution in [1.82, 2.24) is 10.2 Å². The molecule has 29 heavy (non-hydrogen) atoms. The molecule has 0 spiro atoms. The Balaban J connectivity index is 1.63. The minimum absolute atomic E-state index is 0.0372. The Labute approximate surface area is 170 Å². The summed E-state index contributed by atoms with van der Waals surface area (Å²) in [4.78, 5) is 12.0. The number of amides is 1. The quantitative estimate of drug-likeness (QED) is 0.582. The number of aromatic nitrogens is 2. The molecule has 0 unspecified atom stereocenters. The molecule has 2 aromatic carbocycles. The molecule has 6 nitrogen and oxygen atoms in total. The topological polar surface area (TPSA) is 73.3 Å². The Morgan fingerprint density at radius 2 is 1.83 bits per heavy atom. The van der Waals surface area contributed by atoms with Crippen LogP contribution in [0.15, 0.2) is 53.6 Å². The van der Waals surface area contributed by atoms with E-state index in [1.165, 1.54) is 17.8 Å². The van der Waals surface area contributed by atoms with Gasteiger partial charge >= 0.3 is 0 Å². The number of nitrogens with one attached hydrogen (secondary N) is 1. The Morgan fingerprint density at radius 1 is 1.00 bits per heavy atom. The van der Waals surface area contributed by atoms with Crippen molar-refractivity contribution in [2.75, 3.05) is 25.3 Å². The van der Waals surface area contributed by atoms with Crippen LogP contribution in [0.4, 0.5) is 14.5 Å². The van der Waals surface area contributed by atoms with E-state index in [2.05, 4.69) is 15.5 Å². The van der Waals surface area contributed by atoms with E-state index in [-0.39, 0.29) is 17.3 Å². The van der Waals surface area contributed by atoms with Gasteiger partial charge in [-0.15, -0.1) is 10.2 Å². The number of halogens is 2. The predicted octanol–water partition coefficient (Wildman–Crippen LogP) is 4.17. The van der Waals surface area contributed by atoms with Crippen LogP contribution in [0.3, 0.4) is 0 Å². The van der Waals surface area contributed by atoms with E-state index in [0.717, 1.165) is 17.7 Å². The van der Waals surface area contributed by atoms with Crippen LogP contribution >= 0.6 is 11.8 Å². The average Bonchev–Trinajstić information content (AvgIpc) is 2.74. The maximum Gasteiger partial charge on any atom is 0.234 e. The maximum atomic E-state index is 13.2. The average molecular weight is 417 g/mol. The van der Waals surface area contributed by atoms with Crippen LogP contribution in [0.1, 0.15) is 0 Å². The first-order valence-corrected chi connectivity index (χ1v) is 9.42. The molecule has 150 valence electrons. The SMILES string of the molecule is COc1ccc(OC)c(-c2ccc(SCC(=O)Nc3ccc(F)c(F)c3)nn2)c1. The summed E-state index contributed by atoms with van der Waals surface area (Å²) in [5, 5.41) is 11.3. The zero-order valence-corrected chi connectivity index (χ0v) is 16.4. The van der Waals surface area contributed by atoms with Crippen LogP contribution in [0.25, 0.3) is 11.3 Å². The van der Waals surface area contributed by atoms with Gasteiger partial charge in [0.05, 0.1) is 25.7 Å². The molecule has 0 saturated heterocycles. The molecule has 9 heteroatoms. The lowest BCUT2D eigenvalue weighted by Crippen LogP contribution is -2.14. The standard InChI is InChI=1S/C20H17F2N3O3S/c1-27-13-4-7-18(28-2)14(10-13)17-6-8-20(25-24-17)29-11-19(26)23-12-3-5-15(21)16(22)9-12/h3-10H,11H2,1-2H3,(H,23,26). The molecule has 0 fully saturated rings. The third-order valence-electron chi connectivity index (χ3n) is 3.88. The number of hydrogen-bond acceptors (Lipinski definition) is 6. The molecule has 0 atom stereocenters. The van der Waals surface area contributed by atoms with E-state index in [1.807, 2.05) is 0 Å². The summed E-state index contributed by atoms with van der Waals surface area (Å²) >= 11 is 1.17. The molecule has 0 radical (unpaired) electrons. The Hall–Kier alpha value is -3.20. The minimum atomic E-state index is -1.02. The molecular formula is C20H17F2N3O3S. The van der Waals surface area contributed by atoms with E-state index in [0.29, 0.717) is 22.2 Å². The number of methoxy groups -OCH3 is 2. The van der Waals surface area contributed by atoms with Gasteiger partial charge in [0.1, 0.15) is 16.5 Å². The van der Waals surface area contributed by atoms with Gasteiger partial charge in [0.25, 0.3) is 0 Å². The maximum absolute atomic E-state index is 13.2. The molecule has 1 amide bonds. The lowest BCUT2D eigenvalue weighted by Gasteiger charge is -2.10. The van der Waals surface area contributed by atoms with Crippen molar-refractivity contribution in [3.8, 4) is 22.8 Å². The second-order valence-corrected chi connectivity index (χ2v) is 6.78. The van der Waals surface area contributed by atoms with Crippen LogP contribution in [0.5, 0.6) is 11.5 Å². The zero-order valence-electron chi connectivity index (χ0n) is 15.6. The summed E-state index contributed by atoms with van der Waals surface area (Å²) in [6, 6.07) is 12.0. The molecule has 3 aromatic rings. The second-order valence-electron chi connectivity index (χ2n) is 5.79. The number of benzene rings is 2. The highest BCUT2D eigenvalue weighted by Gasteiger charge is 2.11. The number of thioether (sulfide) groups is 1. The van der Waals surface area contributed by atoms with Crippen molar-refractivity contribution in [1.29, 1.82) is 0 Å². The molecule has 1 aromatic heterocycles. The molecule has 3 rings (SSSR count). The number of carbonyl (C=O) groups is 1. The van der Waals surface area contributed by atoms with Gasteiger partial charge in [-0.1, -0.05) is 11.8 Å². The highest BCUT2D eigenvalue weighted by Crippen LogP contribution is 2.32. The van der Waals surface area contributed by atoms with E-state index < -0.39 is 11.6 Å². The van der Waals surface area contributed by atoms with Crippen LogP contribution in [-0.4, -0.2) is 36.1 Å². The number of ether oxygens (including phenoxy) is 2. The van der Waals surface area contributed by atoms with Crippen LogP contribution in [-0.2, 0) is 4.79 Å². The van der Waals surface area contributed by atoms with Crippen LogP contribution in [0.2, 0.25) is 0 Å². The van der Waals surface area contributed by atoms with E-state index in [4.69, 9.17) is 9.47 Å². The summed E-state index contributed by atoms with van der Waals surface area (Å²) in [5.41, 5.74) is 1.50. The van der Waals surface area contributed by atoms with Gasteiger partial charge in [-0.3, -0.25) is 4.79 Å². The largest absolute Gasteiger partial charge is 0.497 e. The molecular weight excluding hydrogens is 400 g/mol. The smallest absolute Gasteiger partial charge is 0.234 e. The summed E-state index contributed by atoms with van der Waals surface area (Å²) in [5.74, 6) is -1.04. The van der Waals surface area contributed by atoms with Crippen molar-refractivity contribution in [2.24, 2.45) is 0 Å². The second kappa shape index (κ2) is 9.33. The third kappa shape index (κ3) is 5.20. The third-order valence-corrected chi connectivity index (χ3v) is 4.80. The molecule has 0 aliphatic heterocycles. The molecule has 0 saturated carbocycles. The predicted molar refractivity (Wildman–Crippen MR) is 106 cm³/mol. The van der Waals surface area contributed by atoms with E-state index in [1.54, 1.807) is 44.6 Å². The van der Waals surface area contributed by atoms with Gasteiger partial charge in [0.15, 0.2) is 11.6 Å². The van der Waals surface area contributed by atoms with Crippen molar-refractivity contribution in [3.05, 3.63) is 60.2 Å². The summed E-state index contributed by atoms with van der Waals surface area (Å²) < 4.78 is 36.7. The monoisotopic (exact) mass is 417 g/mol. The molecule has 0 aliphatic carbocycles. The highest BCUT2D eigenvalue weighted by atomic mass is 32.2. The fourth-order valence-electron chi connectivity index (χ4n) is 2.47. The number of hydrogen-bond donors (Lipinski definition) is 1. The molecule has 0 aliphatic rings. The Bertz CT molecular complexity index is 1020. The first kappa shape index (κ1) is 20.5. The normalized spacial score (nSPS) is 10.5. The number of carbonyl (C=O) groups excluding carboxylic acids is 1. The summed E-state index contributed by atoms with van der Waals surface area (Å²) in [6.45, 7) is 0.